The molecule has 1 amide bonds. The lowest BCUT2D eigenvalue weighted by atomic mass is 10.00. The van der Waals surface area contributed by atoms with Crippen molar-refractivity contribution in [2.45, 2.75) is 24.4 Å². The molecule has 0 spiro atoms. The van der Waals surface area contributed by atoms with Crippen molar-refractivity contribution in [1.82, 2.24) is 5.32 Å². The number of benzene rings is 2. The average molecular weight is 494 g/mol. The van der Waals surface area contributed by atoms with Gasteiger partial charge in [0.2, 0.25) is 0 Å². The molecule has 8 nitrogen and oxygen atoms in total. The van der Waals surface area contributed by atoms with Gasteiger partial charge in [-0.3, -0.25) is 4.79 Å². The number of nitrogens with one attached hydrogen (secondary N) is 1. The van der Waals surface area contributed by atoms with Crippen LogP contribution in [0.25, 0.3) is 27.3 Å². The number of nitrogens with zero attached hydrogens (tertiary/aromatic N) is 2. The standard InChI is InChI=1S/C26H27N3O5S/c1-29(2)19-6-5-15-9-17(4-3-16(15)10-19)23-8-7-20(35-23)11-18(12-27)26(33)28-13-22-25(32)24(31)21(30)14-34-22/h3-11,21-22,24-25,30-32H,13-14H2,1-2H3,(H,28,33)/b18-11+/t21-,22+,24+,25+/m0/s1. The Balaban J connectivity index is 1.45. The summed E-state index contributed by atoms with van der Waals surface area (Å²) < 4.78 is 5.28. The lowest BCUT2D eigenvalue weighted by Gasteiger charge is -2.35. The van der Waals surface area contributed by atoms with Crippen LogP contribution in [0.3, 0.4) is 0 Å². The number of hydrogen-bond acceptors (Lipinski definition) is 8. The fraction of sp³-hybridized carbons (Fsp3) is 0.308. The molecule has 4 atom stereocenters. The predicted molar refractivity (Wildman–Crippen MR) is 136 cm³/mol. The van der Waals surface area contributed by atoms with Crippen molar-refractivity contribution < 1.29 is 24.9 Å². The van der Waals surface area contributed by atoms with Crippen molar-refractivity contribution in [3.05, 3.63) is 59.0 Å². The molecule has 0 bridgehead atoms. The van der Waals surface area contributed by atoms with Crippen LogP contribution in [0.4, 0.5) is 5.69 Å². The van der Waals surface area contributed by atoms with Gasteiger partial charge in [0.05, 0.1) is 6.61 Å². The first kappa shape index (κ1) is 24.9. The van der Waals surface area contributed by atoms with Gasteiger partial charge in [-0.25, -0.2) is 0 Å². The van der Waals surface area contributed by atoms with Crippen LogP contribution < -0.4 is 10.2 Å². The van der Waals surface area contributed by atoms with Crippen molar-refractivity contribution in [3.63, 3.8) is 0 Å². The Kier molecular flexibility index (Phi) is 7.50. The molecule has 182 valence electrons. The number of amides is 1. The van der Waals surface area contributed by atoms with Gasteiger partial charge in [-0.1, -0.05) is 18.2 Å². The fourth-order valence-corrected chi connectivity index (χ4v) is 4.82. The smallest absolute Gasteiger partial charge is 0.262 e. The quantitative estimate of drug-likeness (QED) is 0.306. The third-order valence-electron chi connectivity index (χ3n) is 5.97. The van der Waals surface area contributed by atoms with Crippen LogP contribution in [0, 0.1) is 11.3 Å². The van der Waals surface area contributed by atoms with E-state index < -0.39 is 30.3 Å². The molecule has 1 saturated heterocycles. The Bertz CT molecular complexity index is 1300. The van der Waals surface area contributed by atoms with E-state index in [1.807, 2.05) is 32.3 Å². The van der Waals surface area contributed by atoms with Crippen LogP contribution >= 0.6 is 11.3 Å². The van der Waals surface area contributed by atoms with E-state index in [2.05, 4.69) is 46.6 Å². The molecule has 0 radical (unpaired) electrons. The Labute approximate surface area is 207 Å². The number of fused-ring (bicyclic) bond motifs is 1. The van der Waals surface area contributed by atoms with Crippen molar-refractivity contribution >= 4 is 39.8 Å². The van der Waals surface area contributed by atoms with Crippen LogP contribution in [0.15, 0.2) is 54.1 Å². The maximum Gasteiger partial charge on any atom is 0.262 e. The summed E-state index contributed by atoms with van der Waals surface area (Å²) in [5, 5.41) is 43.6. The number of aliphatic hydroxyl groups is 3. The monoisotopic (exact) mass is 493 g/mol. The van der Waals surface area contributed by atoms with Crippen molar-refractivity contribution in [1.29, 1.82) is 5.26 Å². The first-order valence-electron chi connectivity index (χ1n) is 11.1. The van der Waals surface area contributed by atoms with Crippen molar-refractivity contribution in [2.75, 3.05) is 32.1 Å². The number of aliphatic hydroxyl groups excluding tert-OH is 3. The molecule has 0 aliphatic carbocycles. The van der Waals surface area contributed by atoms with E-state index in [1.54, 1.807) is 0 Å². The summed E-state index contributed by atoms with van der Waals surface area (Å²) in [5.74, 6) is -0.610. The Morgan fingerprint density at radius 1 is 1.14 bits per heavy atom. The molecular formula is C26H27N3O5S. The number of nitriles is 1. The highest BCUT2D eigenvalue weighted by Gasteiger charge is 2.37. The second-order valence-corrected chi connectivity index (χ2v) is 9.76. The van der Waals surface area contributed by atoms with Gasteiger partial charge in [0.1, 0.15) is 36.1 Å². The number of hydrogen-bond donors (Lipinski definition) is 4. The van der Waals surface area contributed by atoms with Gasteiger partial charge in [-0.2, -0.15) is 5.26 Å². The minimum atomic E-state index is -1.36. The molecule has 1 aliphatic rings. The topological polar surface area (TPSA) is 126 Å². The molecule has 3 aromatic rings. The summed E-state index contributed by atoms with van der Waals surface area (Å²) in [4.78, 5) is 16.3. The molecule has 0 unspecified atom stereocenters. The first-order chi connectivity index (χ1) is 16.8. The highest BCUT2D eigenvalue weighted by molar-refractivity contribution is 7.16. The number of rotatable bonds is 6. The van der Waals surface area contributed by atoms with E-state index in [0.717, 1.165) is 31.8 Å². The van der Waals surface area contributed by atoms with Gasteiger partial charge in [0.15, 0.2) is 0 Å². The van der Waals surface area contributed by atoms with Crippen LogP contribution in [-0.2, 0) is 9.53 Å². The van der Waals surface area contributed by atoms with Crippen LogP contribution in [0.5, 0.6) is 0 Å². The summed E-state index contributed by atoms with van der Waals surface area (Å²) in [5.41, 5.74) is 2.10. The lowest BCUT2D eigenvalue weighted by Crippen LogP contribution is -2.56. The highest BCUT2D eigenvalue weighted by Crippen LogP contribution is 2.32. The van der Waals surface area contributed by atoms with Gasteiger partial charge in [-0.15, -0.1) is 11.3 Å². The normalized spacial score (nSPS) is 22.6. The second-order valence-electron chi connectivity index (χ2n) is 8.64. The highest BCUT2D eigenvalue weighted by atomic mass is 32.1. The lowest BCUT2D eigenvalue weighted by molar-refractivity contribution is -0.185. The maximum atomic E-state index is 12.5. The number of ether oxygens (including phenoxy) is 1. The summed E-state index contributed by atoms with van der Waals surface area (Å²) in [6.45, 7) is -0.256. The Hall–Kier alpha value is -3.26. The summed E-state index contributed by atoms with van der Waals surface area (Å²) in [6, 6.07) is 18.3. The summed E-state index contributed by atoms with van der Waals surface area (Å²) in [6.07, 6.45) is -3.24. The molecule has 4 N–H and O–H groups in total. The van der Waals surface area contributed by atoms with E-state index >= 15 is 0 Å². The van der Waals surface area contributed by atoms with E-state index in [1.165, 1.54) is 17.4 Å². The van der Waals surface area contributed by atoms with Gasteiger partial charge in [-0.05, 0) is 52.7 Å². The van der Waals surface area contributed by atoms with Gasteiger partial charge < -0.3 is 30.3 Å². The third-order valence-corrected chi connectivity index (χ3v) is 7.05. The average Bonchev–Trinajstić information content (AvgIpc) is 3.33. The molecule has 9 heteroatoms. The van der Waals surface area contributed by atoms with E-state index in [4.69, 9.17) is 4.74 Å². The molecule has 35 heavy (non-hydrogen) atoms. The molecule has 0 saturated carbocycles. The summed E-state index contributed by atoms with van der Waals surface area (Å²) in [7, 11) is 4.02. The number of anilines is 1. The third kappa shape index (κ3) is 5.53. The zero-order valence-electron chi connectivity index (χ0n) is 19.4. The molecule has 1 aromatic heterocycles. The first-order valence-corrected chi connectivity index (χ1v) is 12.0. The minimum absolute atomic E-state index is 0.0843. The zero-order chi connectivity index (χ0) is 25.1. The SMILES string of the molecule is CN(C)c1ccc2cc(-c3ccc(/C=C(\C#N)C(=O)NC[C@H]4OC[C@H](O)[C@@H](O)[C@@H]4O)s3)ccc2c1. The van der Waals surface area contributed by atoms with Crippen LogP contribution in [0.2, 0.25) is 0 Å². The fourth-order valence-electron chi connectivity index (χ4n) is 3.88. The molecular weight excluding hydrogens is 466 g/mol. The molecule has 2 aromatic carbocycles. The van der Waals surface area contributed by atoms with Crippen LogP contribution in [-0.4, -0.2) is 72.9 Å². The Morgan fingerprint density at radius 2 is 1.89 bits per heavy atom. The van der Waals surface area contributed by atoms with Crippen molar-refractivity contribution in [2.24, 2.45) is 0 Å². The van der Waals surface area contributed by atoms with Crippen LogP contribution in [0.1, 0.15) is 4.88 Å². The van der Waals surface area contributed by atoms with Gasteiger partial charge in [0, 0.05) is 36.1 Å². The van der Waals surface area contributed by atoms with Gasteiger partial charge in [0.25, 0.3) is 5.91 Å². The number of carbonyl (C=O) groups is 1. The number of thiophene rings is 1. The van der Waals surface area contributed by atoms with E-state index in [-0.39, 0.29) is 18.7 Å². The molecule has 1 fully saturated rings. The van der Waals surface area contributed by atoms with Gasteiger partial charge >= 0.3 is 0 Å². The predicted octanol–water partition coefficient (Wildman–Crippen LogP) is 2.14. The largest absolute Gasteiger partial charge is 0.388 e. The molecule has 2 heterocycles. The van der Waals surface area contributed by atoms with E-state index in [9.17, 15) is 25.4 Å². The maximum absolute atomic E-state index is 12.5. The zero-order valence-corrected chi connectivity index (χ0v) is 20.2. The summed E-state index contributed by atoms with van der Waals surface area (Å²) >= 11 is 1.47. The second kappa shape index (κ2) is 10.6. The Morgan fingerprint density at radius 3 is 2.63 bits per heavy atom. The number of carbonyl (C=O) groups excluding carboxylic acids is 1. The molecule has 1 aliphatic heterocycles. The molecule has 4 rings (SSSR count). The van der Waals surface area contributed by atoms with E-state index in [0.29, 0.717) is 0 Å². The minimum Gasteiger partial charge on any atom is -0.388 e. The van der Waals surface area contributed by atoms with Crippen molar-refractivity contribution in [3.8, 4) is 16.5 Å².